The average molecular weight is 400 g/mol. The fourth-order valence-electron chi connectivity index (χ4n) is 4.03. The summed E-state index contributed by atoms with van der Waals surface area (Å²) in [7, 11) is 0. The van der Waals surface area contributed by atoms with Crippen LogP contribution in [-0.2, 0) is 0 Å². The molecule has 0 radical (unpaired) electrons. The number of para-hydroxylation sites is 1. The van der Waals surface area contributed by atoms with Crippen LogP contribution in [0.4, 0.5) is 11.5 Å². The number of carbonyl (C=O) groups is 1. The van der Waals surface area contributed by atoms with E-state index in [1.165, 1.54) is 0 Å². The van der Waals surface area contributed by atoms with Crippen molar-refractivity contribution >= 4 is 39.3 Å². The molecule has 3 aromatic heterocycles. The molecule has 1 fully saturated rings. The van der Waals surface area contributed by atoms with Crippen LogP contribution in [0, 0.1) is 0 Å². The molecule has 0 unspecified atom stereocenters. The van der Waals surface area contributed by atoms with Crippen LogP contribution >= 0.6 is 0 Å². The molecule has 0 bridgehead atoms. The summed E-state index contributed by atoms with van der Waals surface area (Å²) in [5.74, 6) is 0.581. The maximum atomic E-state index is 13.3. The summed E-state index contributed by atoms with van der Waals surface area (Å²) in [6.45, 7) is 5.98. The lowest BCUT2D eigenvalue weighted by molar-refractivity contribution is 0.102. The van der Waals surface area contributed by atoms with E-state index in [1.807, 2.05) is 41.1 Å². The third-order valence-electron chi connectivity index (χ3n) is 5.53. The zero-order chi connectivity index (χ0) is 20.7. The molecule has 1 saturated heterocycles. The molecule has 1 aliphatic rings. The summed E-state index contributed by atoms with van der Waals surface area (Å²) in [4.78, 5) is 24.8. The van der Waals surface area contributed by atoms with Crippen LogP contribution in [-0.4, -0.2) is 38.7 Å². The van der Waals surface area contributed by atoms with Crippen molar-refractivity contribution < 1.29 is 4.79 Å². The number of hydrogen-bond donors (Lipinski definition) is 1. The molecule has 1 N–H and O–H groups in total. The van der Waals surface area contributed by atoms with Gasteiger partial charge in [0.1, 0.15) is 5.82 Å². The fourth-order valence-corrected chi connectivity index (χ4v) is 4.03. The van der Waals surface area contributed by atoms with Gasteiger partial charge in [-0.25, -0.2) is 14.6 Å². The Labute approximate surface area is 174 Å². The van der Waals surface area contributed by atoms with Gasteiger partial charge in [0, 0.05) is 29.9 Å². The number of hydrogen-bond acceptors (Lipinski definition) is 5. The number of nitrogens with one attached hydrogen (secondary N) is 1. The molecule has 0 spiro atoms. The van der Waals surface area contributed by atoms with Crippen LogP contribution in [0.1, 0.15) is 43.1 Å². The van der Waals surface area contributed by atoms with Gasteiger partial charge in [-0.05, 0) is 44.9 Å². The maximum Gasteiger partial charge on any atom is 0.259 e. The van der Waals surface area contributed by atoms with Crippen molar-refractivity contribution in [3.05, 3.63) is 54.4 Å². The van der Waals surface area contributed by atoms with E-state index >= 15 is 0 Å². The quantitative estimate of drug-likeness (QED) is 0.549. The van der Waals surface area contributed by atoms with Crippen molar-refractivity contribution in [1.82, 2.24) is 19.7 Å². The van der Waals surface area contributed by atoms with E-state index in [-0.39, 0.29) is 11.9 Å². The first kappa shape index (κ1) is 18.5. The van der Waals surface area contributed by atoms with Crippen LogP contribution < -0.4 is 10.2 Å². The Morgan fingerprint density at radius 1 is 1.07 bits per heavy atom. The predicted octanol–water partition coefficient (Wildman–Crippen LogP) is 4.41. The largest absolute Gasteiger partial charge is 0.356 e. The monoisotopic (exact) mass is 400 g/mol. The van der Waals surface area contributed by atoms with Crippen molar-refractivity contribution in [3.8, 4) is 0 Å². The molecule has 4 heterocycles. The molecular formula is C23H24N6O. The predicted molar refractivity (Wildman–Crippen MR) is 119 cm³/mol. The van der Waals surface area contributed by atoms with E-state index in [0.29, 0.717) is 11.3 Å². The number of amides is 1. The summed E-state index contributed by atoms with van der Waals surface area (Å²) in [5, 5.41) is 9.27. The zero-order valence-corrected chi connectivity index (χ0v) is 17.2. The fraction of sp³-hybridized carbons (Fsp3) is 0.304. The van der Waals surface area contributed by atoms with Crippen LogP contribution in [0.2, 0.25) is 0 Å². The first-order chi connectivity index (χ1) is 14.6. The van der Waals surface area contributed by atoms with Gasteiger partial charge in [0.15, 0.2) is 5.65 Å². The molecule has 4 aromatic rings. The minimum atomic E-state index is -0.174. The average Bonchev–Trinajstić information content (AvgIpc) is 3.42. The van der Waals surface area contributed by atoms with Crippen LogP contribution in [0.25, 0.3) is 21.9 Å². The van der Waals surface area contributed by atoms with Gasteiger partial charge in [-0.3, -0.25) is 4.79 Å². The highest BCUT2D eigenvalue weighted by Crippen LogP contribution is 2.28. The number of pyridine rings is 2. The van der Waals surface area contributed by atoms with Crippen LogP contribution in [0.15, 0.2) is 48.8 Å². The molecule has 7 heteroatoms. The van der Waals surface area contributed by atoms with E-state index in [9.17, 15) is 4.79 Å². The molecule has 5 rings (SSSR count). The maximum absolute atomic E-state index is 13.3. The molecule has 1 amide bonds. The Morgan fingerprint density at radius 3 is 2.67 bits per heavy atom. The number of benzene rings is 1. The second-order valence-electron chi connectivity index (χ2n) is 8.02. The lowest BCUT2D eigenvalue weighted by Crippen LogP contribution is -2.24. The Morgan fingerprint density at radius 2 is 1.87 bits per heavy atom. The smallest absolute Gasteiger partial charge is 0.259 e. The van der Waals surface area contributed by atoms with Gasteiger partial charge in [-0.1, -0.05) is 18.2 Å². The van der Waals surface area contributed by atoms with Crippen molar-refractivity contribution in [2.24, 2.45) is 0 Å². The topological polar surface area (TPSA) is 75.9 Å². The first-order valence-corrected chi connectivity index (χ1v) is 10.4. The normalized spacial score (nSPS) is 14.2. The number of anilines is 2. The number of rotatable bonds is 4. The van der Waals surface area contributed by atoms with E-state index in [4.69, 9.17) is 4.98 Å². The van der Waals surface area contributed by atoms with Crippen molar-refractivity contribution in [1.29, 1.82) is 0 Å². The second-order valence-corrected chi connectivity index (χ2v) is 8.02. The number of aromatic nitrogens is 4. The van der Waals surface area contributed by atoms with E-state index in [0.717, 1.165) is 53.7 Å². The third kappa shape index (κ3) is 3.26. The minimum absolute atomic E-state index is 0.174. The summed E-state index contributed by atoms with van der Waals surface area (Å²) < 4.78 is 1.87. The number of nitrogens with zero attached hydrogens (tertiary/aromatic N) is 5. The highest BCUT2D eigenvalue weighted by Gasteiger charge is 2.22. The lowest BCUT2D eigenvalue weighted by Gasteiger charge is -2.20. The highest BCUT2D eigenvalue weighted by atomic mass is 16.1. The van der Waals surface area contributed by atoms with Crippen LogP contribution in [0.3, 0.4) is 0 Å². The molecule has 0 atom stereocenters. The van der Waals surface area contributed by atoms with Gasteiger partial charge in [-0.2, -0.15) is 5.10 Å². The molecular weight excluding hydrogens is 376 g/mol. The molecule has 7 nitrogen and oxygen atoms in total. The van der Waals surface area contributed by atoms with Gasteiger partial charge in [0.2, 0.25) is 0 Å². The van der Waals surface area contributed by atoms with Gasteiger partial charge < -0.3 is 10.2 Å². The Bertz CT molecular complexity index is 1240. The minimum Gasteiger partial charge on any atom is -0.356 e. The standard InChI is InChI=1S/C23H24N6O/c1-15(2)29-21-17(13-25-29)11-18(14-24-21)26-23(30)19-12-16-7-3-4-8-20(16)27-22(19)28-9-5-6-10-28/h3-4,7-8,11-15H,5-6,9-10H2,1-2H3,(H,26,30). The summed E-state index contributed by atoms with van der Waals surface area (Å²) in [6, 6.07) is 12.0. The zero-order valence-electron chi connectivity index (χ0n) is 17.2. The summed E-state index contributed by atoms with van der Waals surface area (Å²) in [5.41, 5.74) is 2.96. The Kier molecular flexibility index (Phi) is 4.58. The Hall–Kier alpha value is -3.48. The van der Waals surface area contributed by atoms with E-state index in [2.05, 4.69) is 34.1 Å². The summed E-state index contributed by atoms with van der Waals surface area (Å²) >= 11 is 0. The molecule has 1 aliphatic heterocycles. The number of fused-ring (bicyclic) bond motifs is 2. The second kappa shape index (κ2) is 7.40. The van der Waals surface area contributed by atoms with Gasteiger partial charge in [0.25, 0.3) is 5.91 Å². The SMILES string of the molecule is CC(C)n1ncc2cc(NC(=O)c3cc4ccccc4nc3N3CCCC3)cnc21. The third-order valence-corrected chi connectivity index (χ3v) is 5.53. The molecule has 30 heavy (non-hydrogen) atoms. The molecule has 0 aliphatic carbocycles. The Balaban J connectivity index is 1.51. The molecule has 0 saturated carbocycles. The van der Waals surface area contributed by atoms with E-state index < -0.39 is 0 Å². The molecule has 1 aromatic carbocycles. The van der Waals surface area contributed by atoms with Gasteiger partial charge >= 0.3 is 0 Å². The van der Waals surface area contributed by atoms with Gasteiger partial charge in [-0.15, -0.1) is 0 Å². The summed E-state index contributed by atoms with van der Waals surface area (Å²) in [6.07, 6.45) is 5.71. The van der Waals surface area contributed by atoms with Crippen LogP contribution in [0.5, 0.6) is 0 Å². The van der Waals surface area contributed by atoms with Crippen molar-refractivity contribution in [3.63, 3.8) is 0 Å². The van der Waals surface area contributed by atoms with Gasteiger partial charge in [0.05, 0.1) is 29.2 Å². The number of carbonyl (C=O) groups excluding carboxylic acids is 1. The molecule has 152 valence electrons. The highest BCUT2D eigenvalue weighted by molar-refractivity contribution is 6.10. The van der Waals surface area contributed by atoms with Crippen molar-refractivity contribution in [2.75, 3.05) is 23.3 Å². The van der Waals surface area contributed by atoms with Crippen molar-refractivity contribution in [2.45, 2.75) is 32.7 Å². The first-order valence-electron chi connectivity index (χ1n) is 10.4. The lowest BCUT2D eigenvalue weighted by atomic mass is 10.1. The van der Waals surface area contributed by atoms with E-state index in [1.54, 1.807) is 12.4 Å².